The molecule has 2 amide bonds. The summed E-state index contributed by atoms with van der Waals surface area (Å²) in [6, 6.07) is 8.89. The molecule has 0 radical (unpaired) electrons. The van der Waals surface area contributed by atoms with Gasteiger partial charge in [0.15, 0.2) is 0 Å². The van der Waals surface area contributed by atoms with Crippen LogP contribution < -0.4 is 5.32 Å². The third-order valence-electron chi connectivity index (χ3n) is 5.01. The lowest BCUT2D eigenvalue weighted by Gasteiger charge is -2.36. The van der Waals surface area contributed by atoms with Crippen molar-refractivity contribution in [1.29, 1.82) is 0 Å². The summed E-state index contributed by atoms with van der Waals surface area (Å²) >= 11 is 1.67. The third-order valence-corrected chi connectivity index (χ3v) is 5.84. The Hall–Kier alpha value is -2.25. The molecule has 7 heteroatoms. The van der Waals surface area contributed by atoms with Crippen LogP contribution in [-0.2, 0) is 16.1 Å². The number of carbonyl (C=O) groups is 2. The van der Waals surface area contributed by atoms with Gasteiger partial charge in [-0.1, -0.05) is 44.2 Å². The van der Waals surface area contributed by atoms with E-state index in [0.29, 0.717) is 19.5 Å². The van der Waals surface area contributed by atoms with Gasteiger partial charge in [0.2, 0.25) is 11.8 Å². The van der Waals surface area contributed by atoms with Crippen molar-refractivity contribution in [2.45, 2.75) is 39.8 Å². The number of benzene rings is 1. The Balaban J connectivity index is 1.62. The van der Waals surface area contributed by atoms with Crippen LogP contribution in [0.4, 0.5) is 0 Å². The van der Waals surface area contributed by atoms with E-state index in [4.69, 9.17) is 0 Å². The normalized spacial score (nSPS) is 16.1. The summed E-state index contributed by atoms with van der Waals surface area (Å²) in [5, 5.41) is 6.14. The molecule has 0 spiro atoms. The zero-order valence-electron chi connectivity index (χ0n) is 17.4. The van der Waals surface area contributed by atoms with Crippen molar-refractivity contribution >= 4 is 23.2 Å². The smallest absolute Gasteiger partial charge is 0.249 e. The van der Waals surface area contributed by atoms with Crippen molar-refractivity contribution in [3.63, 3.8) is 0 Å². The van der Waals surface area contributed by atoms with E-state index in [0.717, 1.165) is 35.9 Å². The molecule has 1 aliphatic rings. The van der Waals surface area contributed by atoms with Crippen LogP contribution in [0.15, 0.2) is 35.7 Å². The molecule has 1 aliphatic heterocycles. The van der Waals surface area contributed by atoms with Gasteiger partial charge in [0.1, 0.15) is 6.04 Å². The number of nitrogens with one attached hydrogen (secondary N) is 1. The number of hydrogen-bond donors (Lipinski definition) is 1. The summed E-state index contributed by atoms with van der Waals surface area (Å²) in [7, 11) is 0. The van der Waals surface area contributed by atoms with Crippen LogP contribution in [0.2, 0.25) is 0 Å². The molecule has 1 N–H and O–H groups in total. The molecule has 1 atom stereocenters. The molecule has 0 saturated carbocycles. The fourth-order valence-corrected chi connectivity index (χ4v) is 4.15. The van der Waals surface area contributed by atoms with Crippen molar-refractivity contribution in [2.75, 3.05) is 26.2 Å². The maximum Gasteiger partial charge on any atom is 0.249 e. The van der Waals surface area contributed by atoms with Crippen molar-refractivity contribution < 1.29 is 9.59 Å². The maximum atomic E-state index is 13.3. The average Bonchev–Trinajstić information content (AvgIpc) is 3.11. The number of rotatable bonds is 7. The Bertz CT molecular complexity index is 813. The van der Waals surface area contributed by atoms with E-state index in [-0.39, 0.29) is 17.7 Å². The fraction of sp³-hybridized carbons (Fsp3) is 0.500. The van der Waals surface area contributed by atoms with Crippen LogP contribution in [0.5, 0.6) is 0 Å². The Morgan fingerprint density at radius 2 is 1.83 bits per heavy atom. The Morgan fingerprint density at radius 1 is 1.14 bits per heavy atom. The molecule has 6 nitrogen and oxygen atoms in total. The second-order valence-corrected chi connectivity index (χ2v) is 9.03. The molecule has 3 rings (SSSR count). The Morgan fingerprint density at radius 3 is 2.41 bits per heavy atom. The molecule has 0 aliphatic carbocycles. The summed E-state index contributed by atoms with van der Waals surface area (Å²) in [5.74, 6) is 0.136. The molecular formula is C22H30N4O2S. The van der Waals surface area contributed by atoms with Crippen LogP contribution in [-0.4, -0.2) is 52.8 Å². The average molecular weight is 415 g/mol. The van der Waals surface area contributed by atoms with E-state index < -0.39 is 6.04 Å². The highest BCUT2D eigenvalue weighted by Crippen LogP contribution is 2.19. The Kier molecular flexibility index (Phi) is 7.39. The molecule has 1 unspecified atom stereocenters. The molecule has 1 aromatic carbocycles. The van der Waals surface area contributed by atoms with Crippen LogP contribution in [0.3, 0.4) is 0 Å². The number of amides is 2. The molecule has 2 aromatic rings. The number of nitrogens with zero attached hydrogens (tertiary/aromatic N) is 3. The number of hydrogen-bond acceptors (Lipinski definition) is 5. The van der Waals surface area contributed by atoms with E-state index in [2.05, 4.69) is 20.6 Å². The minimum absolute atomic E-state index is 0.0301. The number of piperazine rings is 1. The molecule has 29 heavy (non-hydrogen) atoms. The van der Waals surface area contributed by atoms with E-state index >= 15 is 0 Å². The summed E-state index contributed by atoms with van der Waals surface area (Å²) in [5.41, 5.74) is 1.92. The number of thiazole rings is 1. The highest BCUT2D eigenvalue weighted by molar-refractivity contribution is 7.09. The number of aryl methyl sites for hydroxylation is 1. The first-order chi connectivity index (χ1) is 13.9. The van der Waals surface area contributed by atoms with Gasteiger partial charge in [0, 0.05) is 44.5 Å². The summed E-state index contributed by atoms with van der Waals surface area (Å²) < 4.78 is 0. The monoisotopic (exact) mass is 414 g/mol. The quantitative estimate of drug-likeness (QED) is 0.756. The van der Waals surface area contributed by atoms with E-state index in [1.54, 1.807) is 11.3 Å². The lowest BCUT2D eigenvalue weighted by Crippen LogP contribution is -2.51. The number of aromatic nitrogens is 1. The summed E-state index contributed by atoms with van der Waals surface area (Å²) in [4.78, 5) is 34.4. The second-order valence-electron chi connectivity index (χ2n) is 7.97. The topological polar surface area (TPSA) is 65.5 Å². The predicted octanol–water partition coefficient (Wildman–Crippen LogP) is 3.00. The standard InChI is InChI=1S/C22H30N4O2S/c1-16(2)13-20(27)24-21(18-7-5-4-6-8-18)22(28)26-11-9-25(10-12-26)14-19-15-29-17(3)23-19/h4-8,15-16,21H,9-14H2,1-3H3,(H,24,27). The Labute approximate surface area is 176 Å². The van der Waals surface area contributed by atoms with Gasteiger partial charge in [-0.2, -0.15) is 0 Å². The van der Waals surface area contributed by atoms with Crippen LogP contribution in [0, 0.1) is 12.8 Å². The number of carbonyl (C=O) groups excluding carboxylic acids is 2. The van der Waals surface area contributed by atoms with Crippen molar-refractivity contribution in [2.24, 2.45) is 5.92 Å². The van der Waals surface area contributed by atoms with Crippen molar-refractivity contribution in [3.8, 4) is 0 Å². The zero-order chi connectivity index (χ0) is 20.8. The van der Waals surface area contributed by atoms with Gasteiger partial charge in [-0.25, -0.2) is 4.98 Å². The van der Waals surface area contributed by atoms with Crippen LogP contribution in [0.25, 0.3) is 0 Å². The van der Waals surface area contributed by atoms with Gasteiger partial charge in [0.05, 0.1) is 10.7 Å². The first-order valence-electron chi connectivity index (χ1n) is 10.2. The van der Waals surface area contributed by atoms with Gasteiger partial charge >= 0.3 is 0 Å². The van der Waals surface area contributed by atoms with Crippen LogP contribution >= 0.6 is 11.3 Å². The molecular weight excluding hydrogens is 384 g/mol. The molecule has 1 aromatic heterocycles. The largest absolute Gasteiger partial charge is 0.341 e. The van der Waals surface area contributed by atoms with Gasteiger partial charge < -0.3 is 10.2 Å². The van der Waals surface area contributed by atoms with Gasteiger partial charge in [-0.15, -0.1) is 11.3 Å². The zero-order valence-corrected chi connectivity index (χ0v) is 18.2. The van der Waals surface area contributed by atoms with Crippen molar-refractivity contribution in [1.82, 2.24) is 20.1 Å². The minimum Gasteiger partial charge on any atom is -0.341 e. The summed E-state index contributed by atoms with van der Waals surface area (Å²) in [6.07, 6.45) is 0.414. The second kappa shape index (κ2) is 9.98. The molecule has 1 saturated heterocycles. The van der Waals surface area contributed by atoms with Gasteiger partial charge in [0.25, 0.3) is 0 Å². The highest BCUT2D eigenvalue weighted by Gasteiger charge is 2.30. The highest BCUT2D eigenvalue weighted by atomic mass is 32.1. The maximum absolute atomic E-state index is 13.3. The fourth-order valence-electron chi connectivity index (χ4n) is 3.54. The lowest BCUT2D eigenvalue weighted by molar-refractivity contribution is -0.138. The van der Waals surface area contributed by atoms with E-state index in [9.17, 15) is 9.59 Å². The van der Waals surface area contributed by atoms with Gasteiger partial charge in [-0.05, 0) is 18.4 Å². The molecule has 0 bridgehead atoms. The van der Waals surface area contributed by atoms with Gasteiger partial charge in [-0.3, -0.25) is 14.5 Å². The SMILES string of the molecule is Cc1nc(CN2CCN(C(=O)C(NC(=O)CC(C)C)c3ccccc3)CC2)cs1. The first kappa shape index (κ1) is 21.5. The van der Waals surface area contributed by atoms with Crippen molar-refractivity contribution in [3.05, 3.63) is 52.0 Å². The minimum atomic E-state index is -0.629. The van der Waals surface area contributed by atoms with E-state index in [1.165, 1.54) is 0 Å². The molecule has 156 valence electrons. The molecule has 1 fully saturated rings. The van der Waals surface area contributed by atoms with E-state index in [1.807, 2.05) is 56.0 Å². The molecule has 2 heterocycles. The summed E-state index contributed by atoms with van der Waals surface area (Å²) in [6.45, 7) is 9.77. The van der Waals surface area contributed by atoms with Crippen LogP contribution in [0.1, 0.15) is 42.6 Å². The first-order valence-corrected chi connectivity index (χ1v) is 11.1. The lowest BCUT2D eigenvalue weighted by atomic mass is 10.0. The predicted molar refractivity (Wildman–Crippen MR) is 115 cm³/mol. The third kappa shape index (κ3) is 6.11.